The average molecular weight is 325 g/mol. The molecule has 1 atom stereocenters. The van der Waals surface area contributed by atoms with Crippen molar-refractivity contribution in [2.75, 3.05) is 19.7 Å². The molecule has 1 fully saturated rings. The number of hydrogen-bond acceptors (Lipinski definition) is 3. The third kappa shape index (κ3) is 3.21. The molecule has 2 aromatic rings. The van der Waals surface area contributed by atoms with E-state index < -0.39 is 5.60 Å². The van der Waals surface area contributed by atoms with Crippen molar-refractivity contribution in [3.05, 3.63) is 59.7 Å². The topological polar surface area (TPSA) is 60.8 Å². The van der Waals surface area contributed by atoms with Crippen molar-refractivity contribution in [2.45, 2.75) is 25.4 Å². The number of likely N-dealkylation sites (tertiary alicyclic amines) is 1. The van der Waals surface area contributed by atoms with Gasteiger partial charge < -0.3 is 15.1 Å². The minimum Gasteiger partial charge on any atom is -0.393 e. The highest BCUT2D eigenvalue weighted by Crippen LogP contribution is 2.29. The maximum absolute atomic E-state index is 13.0. The lowest BCUT2D eigenvalue weighted by molar-refractivity contribution is -0.0598. The van der Waals surface area contributed by atoms with Crippen LogP contribution < -0.4 is 0 Å². The number of β-amino-alcohol motifs (C(OH)–C–C–N with tert-alkyl or cyclic N) is 1. The van der Waals surface area contributed by atoms with Gasteiger partial charge in [0.15, 0.2) is 0 Å². The summed E-state index contributed by atoms with van der Waals surface area (Å²) in [6.45, 7) is 2.48. The second kappa shape index (κ2) is 6.75. The normalized spacial score (nSPS) is 20.9. The Bertz CT molecular complexity index is 743. The summed E-state index contributed by atoms with van der Waals surface area (Å²) >= 11 is 0. The quantitative estimate of drug-likeness (QED) is 0.912. The van der Waals surface area contributed by atoms with Crippen LogP contribution in [0.5, 0.6) is 0 Å². The summed E-state index contributed by atoms with van der Waals surface area (Å²) in [6.07, 6.45) is 1.21. The minimum absolute atomic E-state index is 0.0968. The third-order valence-electron chi connectivity index (χ3n) is 4.73. The van der Waals surface area contributed by atoms with Gasteiger partial charge in [0.1, 0.15) is 5.60 Å². The van der Waals surface area contributed by atoms with Gasteiger partial charge in [0.05, 0.1) is 13.2 Å². The Hall–Kier alpha value is -2.17. The van der Waals surface area contributed by atoms with Crippen LogP contribution in [0.15, 0.2) is 48.5 Å². The van der Waals surface area contributed by atoms with E-state index in [0.717, 1.165) is 16.7 Å². The smallest absolute Gasteiger partial charge is 0.254 e. The van der Waals surface area contributed by atoms with Crippen molar-refractivity contribution in [2.24, 2.45) is 0 Å². The van der Waals surface area contributed by atoms with Crippen molar-refractivity contribution in [3.63, 3.8) is 0 Å². The molecule has 2 N–H and O–H groups in total. The highest BCUT2D eigenvalue weighted by atomic mass is 16.3. The molecular weight excluding hydrogens is 302 g/mol. The molecule has 1 aliphatic heterocycles. The van der Waals surface area contributed by atoms with Gasteiger partial charge in [-0.2, -0.15) is 0 Å². The van der Waals surface area contributed by atoms with Crippen LogP contribution in [0.1, 0.15) is 28.8 Å². The summed E-state index contributed by atoms with van der Waals surface area (Å²) in [5.74, 6) is -0.0968. The van der Waals surface area contributed by atoms with Crippen LogP contribution in [0.4, 0.5) is 0 Å². The van der Waals surface area contributed by atoms with E-state index in [2.05, 4.69) is 0 Å². The van der Waals surface area contributed by atoms with Crippen LogP contribution in [0.25, 0.3) is 11.1 Å². The van der Waals surface area contributed by atoms with Gasteiger partial charge in [-0.05, 0) is 42.5 Å². The number of amides is 1. The summed E-state index contributed by atoms with van der Waals surface area (Å²) in [6, 6.07) is 15.6. The van der Waals surface area contributed by atoms with Crippen molar-refractivity contribution in [3.8, 4) is 11.1 Å². The largest absolute Gasteiger partial charge is 0.393 e. The van der Waals surface area contributed by atoms with Gasteiger partial charge >= 0.3 is 0 Å². The fourth-order valence-electron chi connectivity index (χ4n) is 3.36. The van der Waals surface area contributed by atoms with E-state index in [1.165, 1.54) is 0 Å². The van der Waals surface area contributed by atoms with E-state index in [1.54, 1.807) is 4.90 Å². The molecule has 1 saturated heterocycles. The zero-order chi connectivity index (χ0) is 17.2. The van der Waals surface area contributed by atoms with E-state index in [-0.39, 0.29) is 19.1 Å². The van der Waals surface area contributed by atoms with Crippen molar-refractivity contribution in [1.29, 1.82) is 0 Å². The second-order valence-corrected chi connectivity index (χ2v) is 6.57. The van der Waals surface area contributed by atoms with E-state index in [1.807, 2.05) is 55.5 Å². The van der Waals surface area contributed by atoms with Gasteiger partial charge in [-0.15, -0.1) is 0 Å². The minimum atomic E-state index is -1.19. The first-order valence-electron chi connectivity index (χ1n) is 8.32. The third-order valence-corrected chi connectivity index (χ3v) is 4.73. The lowest BCUT2D eigenvalue weighted by Gasteiger charge is -2.38. The number of rotatable bonds is 3. The molecule has 4 nitrogen and oxygen atoms in total. The zero-order valence-electron chi connectivity index (χ0n) is 13.9. The Balaban J connectivity index is 1.96. The Morgan fingerprint density at radius 3 is 2.50 bits per heavy atom. The number of piperidine rings is 1. The van der Waals surface area contributed by atoms with Crippen molar-refractivity contribution >= 4 is 5.91 Å². The number of aliphatic hydroxyl groups is 2. The Kier molecular flexibility index (Phi) is 4.69. The lowest BCUT2D eigenvalue weighted by Crippen LogP contribution is -2.52. The molecule has 0 aromatic heterocycles. The van der Waals surface area contributed by atoms with E-state index in [4.69, 9.17) is 0 Å². The van der Waals surface area contributed by atoms with Gasteiger partial charge in [0.2, 0.25) is 0 Å². The monoisotopic (exact) mass is 325 g/mol. The molecule has 126 valence electrons. The van der Waals surface area contributed by atoms with E-state index >= 15 is 0 Å². The molecule has 1 amide bonds. The number of aliphatic hydroxyl groups excluding tert-OH is 1. The van der Waals surface area contributed by atoms with Crippen LogP contribution in [-0.4, -0.2) is 46.3 Å². The van der Waals surface area contributed by atoms with Crippen LogP contribution in [0, 0.1) is 6.92 Å². The molecule has 2 aromatic carbocycles. The highest BCUT2D eigenvalue weighted by molar-refractivity contribution is 6.01. The molecule has 0 radical (unpaired) electrons. The fourth-order valence-corrected chi connectivity index (χ4v) is 3.36. The zero-order valence-corrected chi connectivity index (χ0v) is 13.9. The molecule has 0 saturated carbocycles. The second-order valence-electron chi connectivity index (χ2n) is 6.57. The first kappa shape index (κ1) is 16.7. The van der Waals surface area contributed by atoms with Crippen molar-refractivity contribution in [1.82, 2.24) is 4.90 Å². The highest BCUT2D eigenvalue weighted by Gasteiger charge is 2.35. The van der Waals surface area contributed by atoms with Crippen LogP contribution in [0.2, 0.25) is 0 Å². The Morgan fingerprint density at radius 1 is 1.12 bits per heavy atom. The molecule has 0 spiro atoms. The molecule has 1 heterocycles. The predicted molar refractivity (Wildman–Crippen MR) is 93.8 cm³/mol. The standard InChI is InChI=1S/C20H23NO3/c1-15-7-2-3-8-16(15)17-9-4-5-10-18(17)19(23)21-12-6-11-20(24,13-21)14-22/h2-5,7-10,22,24H,6,11-14H2,1H3. The van der Waals surface area contributed by atoms with Gasteiger partial charge in [-0.25, -0.2) is 0 Å². The van der Waals surface area contributed by atoms with Crippen LogP contribution in [0.3, 0.4) is 0 Å². The van der Waals surface area contributed by atoms with Crippen molar-refractivity contribution < 1.29 is 15.0 Å². The number of carbonyl (C=O) groups is 1. The number of nitrogens with zero attached hydrogens (tertiary/aromatic N) is 1. The molecule has 24 heavy (non-hydrogen) atoms. The number of hydrogen-bond donors (Lipinski definition) is 2. The number of benzene rings is 2. The van der Waals surface area contributed by atoms with Gasteiger partial charge in [0.25, 0.3) is 5.91 Å². The predicted octanol–water partition coefficient (Wildman–Crippen LogP) is 2.62. The first-order chi connectivity index (χ1) is 11.5. The molecule has 1 aliphatic rings. The maximum Gasteiger partial charge on any atom is 0.254 e. The van der Waals surface area contributed by atoms with Gasteiger partial charge in [-0.1, -0.05) is 42.5 Å². The molecular formula is C20H23NO3. The molecule has 3 rings (SSSR count). The van der Waals surface area contributed by atoms with E-state index in [0.29, 0.717) is 24.9 Å². The summed E-state index contributed by atoms with van der Waals surface area (Å²) in [5.41, 5.74) is 2.50. The molecule has 1 unspecified atom stereocenters. The number of aryl methyl sites for hydroxylation is 1. The summed E-state index contributed by atoms with van der Waals surface area (Å²) in [4.78, 5) is 14.7. The van der Waals surface area contributed by atoms with Gasteiger partial charge in [-0.3, -0.25) is 4.79 Å². The lowest BCUT2D eigenvalue weighted by atomic mass is 9.91. The first-order valence-corrected chi connectivity index (χ1v) is 8.32. The van der Waals surface area contributed by atoms with Crippen LogP contribution in [-0.2, 0) is 0 Å². The Labute approximate surface area is 142 Å². The van der Waals surface area contributed by atoms with Crippen LogP contribution >= 0.6 is 0 Å². The molecule has 0 bridgehead atoms. The SMILES string of the molecule is Cc1ccccc1-c1ccccc1C(=O)N1CCCC(O)(CO)C1. The molecule has 4 heteroatoms. The number of carbonyl (C=O) groups excluding carboxylic acids is 1. The summed E-state index contributed by atoms with van der Waals surface area (Å²) in [7, 11) is 0. The molecule has 0 aliphatic carbocycles. The maximum atomic E-state index is 13.0. The summed E-state index contributed by atoms with van der Waals surface area (Å²) in [5, 5.41) is 19.7. The average Bonchev–Trinajstić information content (AvgIpc) is 2.62. The Morgan fingerprint density at radius 2 is 1.79 bits per heavy atom. The fraction of sp³-hybridized carbons (Fsp3) is 0.350. The van der Waals surface area contributed by atoms with E-state index in [9.17, 15) is 15.0 Å². The van der Waals surface area contributed by atoms with Gasteiger partial charge in [0, 0.05) is 12.1 Å². The summed E-state index contributed by atoms with van der Waals surface area (Å²) < 4.78 is 0.